The Morgan fingerprint density at radius 2 is 2.00 bits per heavy atom. The number of ether oxygens (including phenoxy) is 1. The number of methoxy groups -OCH3 is 1. The van der Waals surface area contributed by atoms with E-state index in [0.29, 0.717) is 18.8 Å². The minimum absolute atomic E-state index is 0.181. The summed E-state index contributed by atoms with van der Waals surface area (Å²) in [6.07, 6.45) is 7.67. The van der Waals surface area contributed by atoms with E-state index >= 15 is 0 Å². The zero-order valence-electron chi connectivity index (χ0n) is 15.6. The van der Waals surface area contributed by atoms with Crippen molar-refractivity contribution in [1.82, 2.24) is 4.98 Å². The van der Waals surface area contributed by atoms with Crippen LogP contribution in [0.15, 0.2) is 54.9 Å². The number of pyridine rings is 2. The Kier molecular flexibility index (Phi) is 5.84. The molecule has 0 bridgehead atoms. The SMILES string of the molecule is COc1ccc(/C=C/c2cc[n+](CCN)c(-c3cc(C)ccn3)c2)c(O)c1. The second-order valence-corrected chi connectivity index (χ2v) is 6.30. The van der Waals surface area contributed by atoms with Crippen LogP contribution in [0, 0.1) is 6.92 Å². The molecule has 138 valence electrons. The van der Waals surface area contributed by atoms with Gasteiger partial charge in [-0.05, 0) is 42.3 Å². The van der Waals surface area contributed by atoms with Crippen LogP contribution in [0.4, 0.5) is 0 Å². The van der Waals surface area contributed by atoms with Gasteiger partial charge < -0.3 is 15.6 Å². The fourth-order valence-corrected chi connectivity index (χ4v) is 2.86. The molecule has 5 nitrogen and oxygen atoms in total. The van der Waals surface area contributed by atoms with E-state index in [1.165, 1.54) is 0 Å². The first-order chi connectivity index (χ1) is 13.1. The van der Waals surface area contributed by atoms with E-state index in [1.54, 1.807) is 13.2 Å². The molecule has 3 aromatic rings. The maximum Gasteiger partial charge on any atom is 0.231 e. The minimum atomic E-state index is 0.181. The van der Waals surface area contributed by atoms with Gasteiger partial charge in [-0.2, -0.15) is 4.57 Å². The molecule has 0 aliphatic carbocycles. The zero-order chi connectivity index (χ0) is 19.2. The van der Waals surface area contributed by atoms with Crippen molar-refractivity contribution in [2.45, 2.75) is 13.5 Å². The summed E-state index contributed by atoms with van der Waals surface area (Å²) < 4.78 is 7.22. The van der Waals surface area contributed by atoms with Crippen LogP contribution in [0.1, 0.15) is 16.7 Å². The quantitative estimate of drug-likeness (QED) is 0.661. The summed E-state index contributed by atoms with van der Waals surface area (Å²) in [6.45, 7) is 3.32. The largest absolute Gasteiger partial charge is 0.507 e. The average Bonchev–Trinajstić information content (AvgIpc) is 2.68. The highest BCUT2D eigenvalue weighted by Gasteiger charge is 2.14. The topological polar surface area (TPSA) is 72.2 Å². The molecule has 0 amide bonds. The Labute approximate surface area is 159 Å². The van der Waals surface area contributed by atoms with E-state index < -0.39 is 0 Å². The number of nitrogens with two attached hydrogens (primary N) is 1. The highest BCUT2D eigenvalue weighted by atomic mass is 16.5. The van der Waals surface area contributed by atoms with Gasteiger partial charge in [0.1, 0.15) is 17.2 Å². The molecule has 3 N–H and O–H groups in total. The molecule has 2 aromatic heterocycles. The number of aromatic nitrogens is 2. The average molecular weight is 362 g/mol. The number of rotatable bonds is 6. The lowest BCUT2D eigenvalue weighted by Crippen LogP contribution is -2.39. The lowest BCUT2D eigenvalue weighted by atomic mass is 10.1. The summed E-state index contributed by atoms with van der Waals surface area (Å²) >= 11 is 0. The van der Waals surface area contributed by atoms with Crippen LogP contribution >= 0.6 is 0 Å². The maximum absolute atomic E-state index is 10.1. The van der Waals surface area contributed by atoms with Crippen LogP contribution in [0.25, 0.3) is 23.5 Å². The molecular weight excluding hydrogens is 338 g/mol. The molecule has 0 radical (unpaired) electrons. The second-order valence-electron chi connectivity index (χ2n) is 6.30. The van der Waals surface area contributed by atoms with Crippen LogP contribution in [0.5, 0.6) is 11.5 Å². The summed E-state index contributed by atoms with van der Waals surface area (Å²) in [6, 6.07) is 13.4. The smallest absolute Gasteiger partial charge is 0.231 e. The molecule has 5 heteroatoms. The van der Waals surface area contributed by atoms with Gasteiger partial charge in [0.25, 0.3) is 0 Å². The summed E-state index contributed by atoms with van der Waals surface area (Å²) in [7, 11) is 1.58. The van der Waals surface area contributed by atoms with Gasteiger partial charge in [0.2, 0.25) is 5.69 Å². The lowest BCUT2D eigenvalue weighted by molar-refractivity contribution is -0.683. The third kappa shape index (κ3) is 4.51. The summed E-state index contributed by atoms with van der Waals surface area (Å²) in [5, 5.41) is 10.1. The highest BCUT2D eigenvalue weighted by molar-refractivity contribution is 5.73. The van der Waals surface area contributed by atoms with Crippen LogP contribution in [-0.4, -0.2) is 23.7 Å². The van der Waals surface area contributed by atoms with Crippen molar-refractivity contribution in [3.63, 3.8) is 0 Å². The predicted octanol–water partition coefficient (Wildman–Crippen LogP) is 3.19. The van der Waals surface area contributed by atoms with Gasteiger partial charge in [0.15, 0.2) is 12.7 Å². The van der Waals surface area contributed by atoms with Crippen molar-refractivity contribution < 1.29 is 14.4 Å². The van der Waals surface area contributed by atoms with Crippen molar-refractivity contribution in [1.29, 1.82) is 0 Å². The van der Waals surface area contributed by atoms with E-state index in [9.17, 15) is 5.11 Å². The molecule has 0 aliphatic heterocycles. The molecule has 0 saturated heterocycles. The molecule has 2 heterocycles. The number of hydrogen-bond acceptors (Lipinski definition) is 4. The van der Waals surface area contributed by atoms with Gasteiger partial charge in [0.05, 0.1) is 13.7 Å². The van der Waals surface area contributed by atoms with Crippen molar-refractivity contribution in [2.75, 3.05) is 13.7 Å². The zero-order valence-corrected chi connectivity index (χ0v) is 15.6. The second kappa shape index (κ2) is 8.47. The molecule has 27 heavy (non-hydrogen) atoms. The molecule has 0 saturated carbocycles. The first kappa shape index (κ1) is 18.6. The molecule has 0 spiro atoms. The summed E-state index contributed by atoms with van der Waals surface area (Å²) in [5.41, 5.74) is 10.6. The number of aryl methyl sites for hydroxylation is 1. The van der Waals surface area contributed by atoms with E-state index in [-0.39, 0.29) is 5.75 Å². The van der Waals surface area contributed by atoms with Crippen LogP contribution in [0.2, 0.25) is 0 Å². The minimum Gasteiger partial charge on any atom is -0.507 e. The monoisotopic (exact) mass is 362 g/mol. The fourth-order valence-electron chi connectivity index (χ4n) is 2.86. The van der Waals surface area contributed by atoms with Crippen LogP contribution < -0.4 is 15.0 Å². The van der Waals surface area contributed by atoms with Crippen molar-refractivity contribution >= 4 is 12.2 Å². The standard InChI is InChI=1S/C22H23N3O2/c1-16-7-10-24-20(13-16)21-14-17(8-11-25(21)12-9-23)3-4-18-5-6-19(27-2)15-22(18)26/h3-8,10-11,13-15H,9,12,23H2,1-2H3/p+1. The van der Waals surface area contributed by atoms with Gasteiger partial charge >= 0.3 is 0 Å². The number of phenols is 1. The normalized spacial score (nSPS) is 11.1. The molecule has 0 aliphatic rings. The van der Waals surface area contributed by atoms with Gasteiger partial charge in [-0.15, -0.1) is 0 Å². The molecule has 3 rings (SSSR count). The lowest BCUT2D eigenvalue weighted by Gasteiger charge is -2.05. The summed E-state index contributed by atoms with van der Waals surface area (Å²) in [5.74, 6) is 0.806. The Bertz CT molecular complexity index is 968. The first-order valence-electron chi connectivity index (χ1n) is 8.82. The summed E-state index contributed by atoms with van der Waals surface area (Å²) in [4.78, 5) is 4.51. The number of benzene rings is 1. The highest BCUT2D eigenvalue weighted by Crippen LogP contribution is 2.25. The van der Waals surface area contributed by atoms with Gasteiger partial charge in [0, 0.05) is 30.0 Å². The Balaban J connectivity index is 1.96. The van der Waals surface area contributed by atoms with Gasteiger partial charge in [-0.25, -0.2) is 4.98 Å². The number of phenolic OH excluding ortho intramolecular Hbond substituents is 1. The van der Waals surface area contributed by atoms with Crippen molar-refractivity contribution in [3.05, 3.63) is 71.5 Å². The Morgan fingerprint density at radius 3 is 2.70 bits per heavy atom. The van der Waals surface area contributed by atoms with E-state index in [0.717, 1.165) is 28.1 Å². The van der Waals surface area contributed by atoms with Crippen LogP contribution in [0.3, 0.4) is 0 Å². The van der Waals surface area contributed by atoms with Crippen LogP contribution in [-0.2, 0) is 6.54 Å². The number of hydrogen-bond donors (Lipinski definition) is 2. The molecule has 0 fully saturated rings. The Hall–Kier alpha value is -3.18. The molecular formula is C22H24N3O2+. The molecule has 1 aromatic carbocycles. The van der Waals surface area contributed by atoms with Crippen molar-refractivity contribution in [2.24, 2.45) is 5.73 Å². The predicted molar refractivity (Wildman–Crippen MR) is 107 cm³/mol. The maximum atomic E-state index is 10.1. The van der Waals surface area contributed by atoms with Gasteiger partial charge in [-0.1, -0.05) is 12.2 Å². The fraction of sp³-hybridized carbons (Fsp3) is 0.182. The molecule has 0 atom stereocenters. The Morgan fingerprint density at radius 1 is 1.15 bits per heavy atom. The molecule has 0 unspecified atom stereocenters. The van der Waals surface area contributed by atoms with E-state index in [4.69, 9.17) is 10.5 Å². The first-order valence-corrected chi connectivity index (χ1v) is 8.82. The third-order valence-electron chi connectivity index (χ3n) is 4.30. The van der Waals surface area contributed by atoms with E-state index in [1.807, 2.05) is 48.8 Å². The number of nitrogens with zero attached hydrogens (tertiary/aromatic N) is 2. The van der Waals surface area contributed by atoms with E-state index in [2.05, 4.69) is 28.6 Å². The third-order valence-corrected chi connectivity index (χ3v) is 4.30. The number of aromatic hydroxyl groups is 1. The van der Waals surface area contributed by atoms with Gasteiger partial charge in [-0.3, -0.25) is 0 Å². The van der Waals surface area contributed by atoms with Crippen molar-refractivity contribution in [3.8, 4) is 22.9 Å².